The van der Waals surface area contributed by atoms with E-state index in [4.69, 9.17) is 17.0 Å². The second kappa shape index (κ2) is 9.19. The van der Waals surface area contributed by atoms with E-state index in [9.17, 15) is 14.4 Å². The first-order valence-electron chi connectivity index (χ1n) is 7.20. The zero-order valence-corrected chi connectivity index (χ0v) is 14.4. The Labute approximate surface area is 149 Å². The third-order valence-corrected chi connectivity index (χ3v) is 4.49. The molecule has 0 unspecified atom stereocenters. The van der Waals surface area contributed by atoms with Gasteiger partial charge < -0.3 is 10.1 Å². The number of ether oxygens (including phenoxy) is 1. The smallest absolute Gasteiger partial charge is 0.331 e. The van der Waals surface area contributed by atoms with E-state index >= 15 is 0 Å². The van der Waals surface area contributed by atoms with E-state index in [0.717, 1.165) is 5.56 Å². The van der Waals surface area contributed by atoms with Crippen molar-refractivity contribution >= 4 is 52.2 Å². The van der Waals surface area contributed by atoms with Crippen LogP contribution in [0, 0.1) is 0 Å². The fourth-order valence-electron chi connectivity index (χ4n) is 1.87. The molecule has 1 fully saturated rings. The lowest BCUT2D eigenvalue weighted by Crippen LogP contribution is -2.38. The molecule has 8 heteroatoms. The third-order valence-electron chi connectivity index (χ3n) is 3.06. The van der Waals surface area contributed by atoms with E-state index in [0.29, 0.717) is 16.6 Å². The van der Waals surface area contributed by atoms with Gasteiger partial charge >= 0.3 is 5.97 Å². The highest BCUT2D eigenvalue weighted by atomic mass is 32.2. The number of benzene rings is 1. The van der Waals surface area contributed by atoms with Crippen molar-refractivity contribution in [3.63, 3.8) is 0 Å². The second-order valence-corrected chi connectivity index (χ2v) is 6.41. The van der Waals surface area contributed by atoms with Gasteiger partial charge in [0.1, 0.15) is 4.32 Å². The summed E-state index contributed by atoms with van der Waals surface area (Å²) in [5.74, 6) is -0.738. The molecule has 0 atom stereocenters. The fraction of sp³-hybridized carbons (Fsp3) is 0.250. The first-order chi connectivity index (χ1) is 11.6. The van der Waals surface area contributed by atoms with Gasteiger partial charge in [-0.2, -0.15) is 0 Å². The lowest BCUT2D eigenvalue weighted by Gasteiger charge is -2.14. The minimum absolute atomic E-state index is 0.0586. The Morgan fingerprint density at radius 3 is 2.75 bits per heavy atom. The third kappa shape index (κ3) is 5.78. The van der Waals surface area contributed by atoms with Crippen LogP contribution in [-0.2, 0) is 19.1 Å². The molecular formula is C16H16N2O4S2. The number of nitrogens with zero attached hydrogens (tertiary/aromatic N) is 1. The molecule has 1 saturated heterocycles. The van der Waals surface area contributed by atoms with Gasteiger partial charge in [0.15, 0.2) is 6.61 Å². The van der Waals surface area contributed by atoms with E-state index in [-0.39, 0.29) is 19.1 Å². The number of amides is 2. The predicted molar refractivity (Wildman–Crippen MR) is 96.2 cm³/mol. The molecule has 1 aliphatic heterocycles. The van der Waals surface area contributed by atoms with Crippen molar-refractivity contribution in [2.24, 2.45) is 0 Å². The van der Waals surface area contributed by atoms with E-state index in [1.165, 1.54) is 22.7 Å². The molecule has 24 heavy (non-hydrogen) atoms. The van der Waals surface area contributed by atoms with Gasteiger partial charge in [-0.3, -0.25) is 14.5 Å². The average Bonchev–Trinajstić information content (AvgIpc) is 2.91. The van der Waals surface area contributed by atoms with Gasteiger partial charge in [0.05, 0.1) is 5.75 Å². The molecule has 0 spiro atoms. The molecule has 6 nitrogen and oxygen atoms in total. The molecule has 0 radical (unpaired) electrons. The number of rotatable bonds is 7. The second-order valence-electron chi connectivity index (χ2n) is 4.80. The van der Waals surface area contributed by atoms with Crippen molar-refractivity contribution in [3.8, 4) is 0 Å². The van der Waals surface area contributed by atoms with E-state index in [2.05, 4.69) is 5.32 Å². The highest BCUT2D eigenvalue weighted by molar-refractivity contribution is 8.23. The monoisotopic (exact) mass is 364 g/mol. The van der Waals surface area contributed by atoms with Crippen molar-refractivity contribution in [2.75, 3.05) is 25.4 Å². The number of nitrogens with one attached hydrogen (secondary N) is 1. The van der Waals surface area contributed by atoms with Crippen molar-refractivity contribution in [2.45, 2.75) is 0 Å². The van der Waals surface area contributed by atoms with Gasteiger partial charge in [-0.05, 0) is 11.6 Å². The number of hydrogen-bond donors (Lipinski definition) is 1. The maximum atomic E-state index is 11.6. The van der Waals surface area contributed by atoms with Crippen LogP contribution in [0.3, 0.4) is 0 Å². The van der Waals surface area contributed by atoms with Crippen molar-refractivity contribution in [1.29, 1.82) is 0 Å². The van der Waals surface area contributed by atoms with Crippen LogP contribution in [0.1, 0.15) is 5.56 Å². The Morgan fingerprint density at radius 2 is 2.08 bits per heavy atom. The lowest BCUT2D eigenvalue weighted by atomic mass is 10.2. The summed E-state index contributed by atoms with van der Waals surface area (Å²) in [5.41, 5.74) is 0.864. The molecule has 1 aromatic carbocycles. The summed E-state index contributed by atoms with van der Waals surface area (Å²) in [6.45, 7) is 0.200. The molecule has 2 rings (SSSR count). The summed E-state index contributed by atoms with van der Waals surface area (Å²) >= 11 is 6.34. The maximum absolute atomic E-state index is 11.6. The SMILES string of the molecule is O=C(COC(=O)/C=C/c1ccccc1)NCCN1C(=O)CSC1=S. The molecule has 1 N–H and O–H groups in total. The Kier molecular flexibility index (Phi) is 6.95. The highest BCUT2D eigenvalue weighted by Crippen LogP contribution is 2.18. The Hall–Kier alpha value is -2.19. The molecule has 0 aliphatic carbocycles. The largest absolute Gasteiger partial charge is 0.452 e. The van der Waals surface area contributed by atoms with Crippen LogP contribution in [0.2, 0.25) is 0 Å². The summed E-state index contributed by atoms with van der Waals surface area (Å²) in [6.07, 6.45) is 2.87. The molecule has 2 amide bonds. The fourth-order valence-corrected chi connectivity index (χ4v) is 2.99. The van der Waals surface area contributed by atoms with Crippen LogP contribution >= 0.6 is 24.0 Å². The van der Waals surface area contributed by atoms with Crippen molar-refractivity contribution < 1.29 is 19.1 Å². The molecule has 0 bridgehead atoms. The van der Waals surface area contributed by atoms with Crippen LogP contribution < -0.4 is 5.32 Å². The van der Waals surface area contributed by atoms with Gasteiger partial charge in [-0.1, -0.05) is 54.3 Å². The summed E-state index contributed by atoms with van der Waals surface area (Å²) < 4.78 is 5.36. The van der Waals surface area contributed by atoms with E-state index < -0.39 is 11.9 Å². The van der Waals surface area contributed by atoms with Crippen LogP contribution in [-0.4, -0.2) is 52.5 Å². The van der Waals surface area contributed by atoms with Crippen LogP contribution in [0.25, 0.3) is 6.08 Å². The number of hydrogen-bond acceptors (Lipinski definition) is 6. The van der Waals surface area contributed by atoms with Gasteiger partial charge in [-0.15, -0.1) is 0 Å². The van der Waals surface area contributed by atoms with Crippen LogP contribution in [0.15, 0.2) is 36.4 Å². The Morgan fingerprint density at radius 1 is 1.33 bits per heavy atom. The molecule has 0 aromatic heterocycles. The van der Waals surface area contributed by atoms with Gasteiger partial charge in [0.25, 0.3) is 5.91 Å². The normalized spacial score (nSPS) is 14.2. The Bertz CT molecular complexity index is 645. The quantitative estimate of drug-likeness (QED) is 0.445. The lowest BCUT2D eigenvalue weighted by molar-refractivity contribution is -0.143. The van der Waals surface area contributed by atoms with E-state index in [1.54, 1.807) is 6.08 Å². The maximum Gasteiger partial charge on any atom is 0.331 e. The number of thioether (sulfide) groups is 1. The zero-order chi connectivity index (χ0) is 17.4. The first kappa shape index (κ1) is 18.2. The molecule has 0 saturated carbocycles. The van der Waals surface area contributed by atoms with Crippen molar-refractivity contribution in [1.82, 2.24) is 10.2 Å². The van der Waals surface area contributed by atoms with Crippen molar-refractivity contribution in [3.05, 3.63) is 42.0 Å². The first-order valence-corrected chi connectivity index (χ1v) is 8.59. The number of carbonyl (C=O) groups is 3. The molecular weight excluding hydrogens is 348 g/mol. The molecule has 126 valence electrons. The molecule has 1 heterocycles. The number of esters is 1. The Balaban J connectivity index is 1.64. The minimum Gasteiger partial charge on any atom is -0.452 e. The van der Waals surface area contributed by atoms with Crippen LogP contribution in [0.5, 0.6) is 0 Å². The highest BCUT2D eigenvalue weighted by Gasteiger charge is 2.25. The van der Waals surface area contributed by atoms with Gasteiger partial charge in [0.2, 0.25) is 5.91 Å². The predicted octanol–water partition coefficient (Wildman–Crippen LogP) is 1.22. The van der Waals surface area contributed by atoms with Gasteiger partial charge in [-0.25, -0.2) is 4.79 Å². The van der Waals surface area contributed by atoms with E-state index in [1.807, 2.05) is 30.3 Å². The molecule has 1 aliphatic rings. The summed E-state index contributed by atoms with van der Waals surface area (Å²) in [4.78, 5) is 36.1. The average molecular weight is 364 g/mol. The topological polar surface area (TPSA) is 75.7 Å². The summed E-state index contributed by atoms with van der Waals surface area (Å²) in [6, 6.07) is 9.28. The standard InChI is InChI=1S/C16H16N2O4S2/c19-13(17-8-9-18-14(20)11-24-16(18)23)10-22-15(21)7-6-12-4-2-1-3-5-12/h1-7H,8-11H2,(H,17,19)/b7-6+. The van der Waals surface area contributed by atoms with Gasteiger partial charge in [0, 0.05) is 19.2 Å². The zero-order valence-electron chi connectivity index (χ0n) is 12.8. The van der Waals surface area contributed by atoms with Crippen LogP contribution in [0.4, 0.5) is 0 Å². The number of thiocarbonyl (C=S) groups is 1. The summed E-state index contributed by atoms with van der Waals surface area (Å²) in [7, 11) is 0. The minimum atomic E-state index is -0.596. The molecule has 1 aromatic rings. The summed E-state index contributed by atoms with van der Waals surface area (Å²) in [5, 5.41) is 2.58. The number of carbonyl (C=O) groups excluding carboxylic acids is 3.